The van der Waals surface area contributed by atoms with Gasteiger partial charge in [0.2, 0.25) is 17.7 Å². The molecule has 25 heavy (non-hydrogen) atoms. The fourth-order valence-electron chi connectivity index (χ4n) is 3.15. The number of carbonyl (C=O) groups excluding carboxylic acids is 3. The quantitative estimate of drug-likeness (QED) is 0.758. The van der Waals surface area contributed by atoms with Crippen LogP contribution in [0, 0.1) is 0 Å². The van der Waals surface area contributed by atoms with Gasteiger partial charge in [0.15, 0.2) is 5.11 Å². The third kappa shape index (κ3) is 3.14. The zero-order valence-electron chi connectivity index (χ0n) is 14.1. The molecule has 1 aromatic rings. The predicted molar refractivity (Wildman–Crippen MR) is 95.1 cm³/mol. The lowest BCUT2D eigenvalue weighted by Crippen LogP contribution is -2.71. The summed E-state index contributed by atoms with van der Waals surface area (Å²) in [6, 6.07) is 9.06. The Morgan fingerprint density at radius 2 is 2.00 bits per heavy atom. The van der Waals surface area contributed by atoms with Gasteiger partial charge in [-0.2, -0.15) is 5.01 Å². The highest BCUT2D eigenvalue weighted by molar-refractivity contribution is 7.80. The van der Waals surface area contributed by atoms with Crippen LogP contribution in [-0.4, -0.2) is 51.0 Å². The number of hydrogen-bond donors (Lipinski definition) is 2. The van der Waals surface area contributed by atoms with Gasteiger partial charge in [0.1, 0.15) is 11.6 Å². The molecule has 8 heteroatoms. The Balaban J connectivity index is 1.70. The molecule has 2 heterocycles. The van der Waals surface area contributed by atoms with Crippen molar-refractivity contribution in [2.45, 2.75) is 38.3 Å². The highest BCUT2D eigenvalue weighted by atomic mass is 32.1. The molecule has 0 aromatic heterocycles. The molecule has 2 aliphatic heterocycles. The molecule has 2 saturated heterocycles. The number of carbonyl (C=O) groups is 3. The third-order valence-electron chi connectivity index (χ3n) is 4.51. The van der Waals surface area contributed by atoms with Gasteiger partial charge >= 0.3 is 0 Å². The van der Waals surface area contributed by atoms with Gasteiger partial charge in [0.25, 0.3) is 0 Å². The van der Waals surface area contributed by atoms with Crippen molar-refractivity contribution in [3.63, 3.8) is 0 Å². The summed E-state index contributed by atoms with van der Waals surface area (Å²) < 4.78 is 0. The molecule has 132 valence electrons. The van der Waals surface area contributed by atoms with Gasteiger partial charge in [-0.25, -0.2) is 5.01 Å². The molecule has 1 aromatic carbocycles. The Hall–Kier alpha value is -2.32. The molecule has 2 N–H and O–H groups in total. The Kier molecular flexibility index (Phi) is 4.57. The highest BCUT2D eigenvalue weighted by Crippen LogP contribution is 2.32. The summed E-state index contributed by atoms with van der Waals surface area (Å²) in [5.41, 5.74) is 0.0707. The SMILES string of the molecule is CC1(C)C(=O)NC(=S)N2C(=O)C[C@H](C(=O)NCCc3ccccc3)N21. The molecule has 3 rings (SSSR count). The van der Waals surface area contributed by atoms with E-state index >= 15 is 0 Å². The van der Waals surface area contributed by atoms with E-state index < -0.39 is 11.6 Å². The second-order valence-corrected chi connectivity index (χ2v) is 7.00. The summed E-state index contributed by atoms with van der Waals surface area (Å²) in [6.45, 7) is 3.79. The first kappa shape index (κ1) is 17.5. The van der Waals surface area contributed by atoms with Crippen molar-refractivity contribution in [3.8, 4) is 0 Å². The maximum atomic E-state index is 12.6. The van der Waals surface area contributed by atoms with Crippen molar-refractivity contribution in [2.75, 3.05) is 6.54 Å². The number of nitrogens with one attached hydrogen (secondary N) is 2. The van der Waals surface area contributed by atoms with Crippen LogP contribution in [0.1, 0.15) is 25.8 Å². The molecule has 0 saturated carbocycles. The van der Waals surface area contributed by atoms with Gasteiger partial charge in [-0.3, -0.25) is 19.7 Å². The lowest BCUT2D eigenvalue weighted by atomic mass is 10.00. The topological polar surface area (TPSA) is 81.8 Å². The van der Waals surface area contributed by atoms with Gasteiger partial charge in [0, 0.05) is 6.54 Å². The van der Waals surface area contributed by atoms with Gasteiger partial charge < -0.3 is 5.32 Å². The number of hydrazine groups is 1. The number of amides is 3. The average molecular weight is 360 g/mol. The van der Waals surface area contributed by atoms with Crippen LogP contribution in [0.5, 0.6) is 0 Å². The normalized spacial score (nSPS) is 22.6. The Labute approximate surface area is 151 Å². The fourth-order valence-corrected chi connectivity index (χ4v) is 3.43. The first-order chi connectivity index (χ1) is 11.8. The average Bonchev–Trinajstić information content (AvgIpc) is 2.93. The summed E-state index contributed by atoms with van der Waals surface area (Å²) >= 11 is 5.09. The molecule has 1 atom stereocenters. The molecule has 0 spiro atoms. The summed E-state index contributed by atoms with van der Waals surface area (Å²) in [6.07, 6.45) is 0.689. The standard InChI is InChI=1S/C17H20N4O3S/c1-17(2)15(24)19-16(25)20-13(22)10-12(21(17)20)14(23)18-9-8-11-6-4-3-5-7-11/h3-7,12H,8-10H2,1-2H3,(H,18,23)(H,19,24,25)/t12-/m1/s1. The minimum Gasteiger partial charge on any atom is -0.354 e. The van der Waals surface area contributed by atoms with Crippen LogP contribution in [-0.2, 0) is 20.8 Å². The number of rotatable bonds is 4. The first-order valence-corrected chi connectivity index (χ1v) is 8.52. The molecule has 3 amide bonds. The van der Waals surface area contributed by atoms with Crippen LogP contribution in [0.15, 0.2) is 30.3 Å². The number of thiocarbonyl (C=S) groups is 1. The van der Waals surface area contributed by atoms with Crippen LogP contribution in [0.4, 0.5) is 0 Å². The lowest BCUT2D eigenvalue weighted by molar-refractivity contribution is -0.155. The summed E-state index contributed by atoms with van der Waals surface area (Å²) in [4.78, 5) is 37.2. The van der Waals surface area contributed by atoms with E-state index in [1.54, 1.807) is 13.8 Å². The molecule has 0 bridgehead atoms. The molecule has 2 fully saturated rings. The molecular formula is C17H20N4O3S. The minimum atomic E-state index is -1.05. The minimum absolute atomic E-state index is 0.00427. The monoisotopic (exact) mass is 360 g/mol. The zero-order valence-corrected chi connectivity index (χ0v) is 14.9. The van der Waals surface area contributed by atoms with Crippen molar-refractivity contribution in [2.24, 2.45) is 0 Å². The van der Waals surface area contributed by atoms with Gasteiger partial charge in [-0.05, 0) is 38.0 Å². The molecule has 0 aliphatic carbocycles. The number of nitrogens with zero attached hydrogens (tertiary/aromatic N) is 2. The van der Waals surface area contributed by atoms with E-state index in [4.69, 9.17) is 12.2 Å². The van der Waals surface area contributed by atoms with Crippen LogP contribution in [0.25, 0.3) is 0 Å². The lowest BCUT2D eigenvalue weighted by Gasteiger charge is -2.45. The highest BCUT2D eigenvalue weighted by Gasteiger charge is 2.56. The maximum absolute atomic E-state index is 12.6. The molecular weight excluding hydrogens is 340 g/mol. The van der Waals surface area contributed by atoms with Gasteiger partial charge in [-0.15, -0.1) is 0 Å². The van der Waals surface area contributed by atoms with Gasteiger partial charge in [0.05, 0.1) is 6.42 Å². The third-order valence-corrected chi connectivity index (χ3v) is 4.79. The maximum Gasteiger partial charge on any atom is 0.248 e. The van der Waals surface area contributed by atoms with Crippen LogP contribution in [0.3, 0.4) is 0 Å². The van der Waals surface area contributed by atoms with Crippen molar-refractivity contribution in [1.82, 2.24) is 20.7 Å². The van der Waals surface area contributed by atoms with E-state index in [0.717, 1.165) is 5.56 Å². The van der Waals surface area contributed by atoms with Crippen molar-refractivity contribution < 1.29 is 14.4 Å². The van der Waals surface area contributed by atoms with Gasteiger partial charge in [-0.1, -0.05) is 30.3 Å². The van der Waals surface area contributed by atoms with Crippen molar-refractivity contribution >= 4 is 35.1 Å². The van der Waals surface area contributed by atoms with Crippen LogP contribution >= 0.6 is 12.2 Å². The van der Waals surface area contributed by atoms with Crippen molar-refractivity contribution in [3.05, 3.63) is 35.9 Å². The Morgan fingerprint density at radius 3 is 2.68 bits per heavy atom. The van der Waals surface area contributed by atoms with Crippen molar-refractivity contribution in [1.29, 1.82) is 0 Å². The van der Waals surface area contributed by atoms with E-state index in [0.29, 0.717) is 13.0 Å². The fraction of sp³-hybridized carbons (Fsp3) is 0.412. The van der Waals surface area contributed by atoms with E-state index in [-0.39, 0.29) is 29.3 Å². The number of fused-ring (bicyclic) bond motifs is 1. The molecule has 0 radical (unpaired) electrons. The zero-order chi connectivity index (χ0) is 18.2. The second-order valence-electron chi connectivity index (χ2n) is 6.61. The first-order valence-electron chi connectivity index (χ1n) is 8.11. The number of hydrogen-bond acceptors (Lipinski definition) is 5. The summed E-state index contributed by atoms with van der Waals surface area (Å²) in [5, 5.41) is 8.13. The number of benzene rings is 1. The molecule has 7 nitrogen and oxygen atoms in total. The Morgan fingerprint density at radius 1 is 1.32 bits per heavy atom. The molecule has 0 unspecified atom stereocenters. The molecule has 2 aliphatic rings. The van der Waals surface area contributed by atoms with E-state index in [1.807, 2.05) is 30.3 Å². The Bertz CT molecular complexity index is 735. The summed E-state index contributed by atoms with van der Waals surface area (Å²) in [7, 11) is 0. The van der Waals surface area contributed by atoms with E-state index in [1.165, 1.54) is 10.0 Å². The second kappa shape index (κ2) is 6.53. The van der Waals surface area contributed by atoms with Crippen LogP contribution < -0.4 is 10.6 Å². The smallest absolute Gasteiger partial charge is 0.248 e. The van der Waals surface area contributed by atoms with Crippen LogP contribution in [0.2, 0.25) is 0 Å². The largest absolute Gasteiger partial charge is 0.354 e. The summed E-state index contributed by atoms with van der Waals surface area (Å²) in [5.74, 6) is -0.899. The van der Waals surface area contributed by atoms with E-state index in [2.05, 4.69) is 10.6 Å². The predicted octanol–water partition coefficient (Wildman–Crippen LogP) is 0.357. The van der Waals surface area contributed by atoms with E-state index in [9.17, 15) is 14.4 Å².